The van der Waals surface area contributed by atoms with Gasteiger partial charge in [-0.25, -0.2) is 0 Å². The second-order valence-corrected chi connectivity index (χ2v) is 6.47. The summed E-state index contributed by atoms with van der Waals surface area (Å²) in [4.78, 5) is 0. The third-order valence-electron chi connectivity index (χ3n) is 3.36. The van der Waals surface area contributed by atoms with Crippen molar-refractivity contribution in [1.29, 1.82) is 0 Å². The Morgan fingerprint density at radius 3 is 2.00 bits per heavy atom. The Morgan fingerprint density at radius 1 is 1.00 bits per heavy atom. The number of nitrogens with one attached hydrogen (secondary N) is 1. The zero-order valence-electron chi connectivity index (χ0n) is 12.6. The summed E-state index contributed by atoms with van der Waals surface area (Å²) in [5.41, 5.74) is 2.70. The van der Waals surface area contributed by atoms with E-state index in [4.69, 9.17) is 4.74 Å². The Balaban J connectivity index is 2.50. The highest BCUT2D eigenvalue weighted by Crippen LogP contribution is 2.23. The van der Waals surface area contributed by atoms with Gasteiger partial charge in [-0.3, -0.25) is 0 Å². The van der Waals surface area contributed by atoms with Gasteiger partial charge >= 0.3 is 0 Å². The Hall–Kier alpha value is -1.02. The molecule has 0 aliphatic rings. The molecule has 0 amide bonds. The number of anilines is 1. The molecule has 0 heterocycles. The Kier molecular flexibility index (Phi) is 4.80. The first kappa shape index (κ1) is 15.0. The molecule has 0 fully saturated rings. The SMILES string of the molecule is COC(C)(C)CCNc1ccc(C(C)(C)C)cc1. The summed E-state index contributed by atoms with van der Waals surface area (Å²) < 4.78 is 5.40. The molecule has 1 aromatic carbocycles. The van der Waals surface area contributed by atoms with Crippen LogP contribution in [0.5, 0.6) is 0 Å². The average Bonchev–Trinajstić information content (AvgIpc) is 2.28. The molecule has 102 valence electrons. The van der Waals surface area contributed by atoms with Crippen LogP contribution in [0, 0.1) is 0 Å². The van der Waals surface area contributed by atoms with Crippen molar-refractivity contribution in [3.63, 3.8) is 0 Å². The van der Waals surface area contributed by atoms with Gasteiger partial charge in [-0.05, 0) is 43.4 Å². The molecule has 0 atom stereocenters. The van der Waals surface area contributed by atoms with E-state index >= 15 is 0 Å². The van der Waals surface area contributed by atoms with Crippen LogP contribution in [0.4, 0.5) is 5.69 Å². The molecule has 0 bridgehead atoms. The normalized spacial score (nSPS) is 12.6. The fourth-order valence-electron chi connectivity index (χ4n) is 1.70. The largest absolute Gasteiger partial charge is 0.385 e. The van der Waals surface area contributed by atoms with Crippen molar-refractivity contribution >= 4 is 5.69 Å². The van der Waals surface area contributed by atoms with Crippen LogP contribution in [-0.4, -0.2) is 19.3 Å². The summed E-state index contributed by atoms with van der Waals surface area (Å²) in [5.74, 6) is 0. The highest BCUT2D eigenvalue weighted by molar-refractivity contribution is 5.45. The highest BCUT2D eigenvalue weighted by Gasteiger charge is 2.15. The number of rotatable bonds is 5. The monoisotopic (exact) mass is 249 g/mol. The van der Waals surface area contributed by atoms with Gasteiger partial charge in [-0.1, -0.05) is 32.9 Å². The van der Waals surface area contributed by atoms with Gasteiger partial charge in [0.05, 0.1) is 5.60 Å². The smallest absolute Gasteiger partial charge is 0.0639 e. The minimum absolute atomic E-state index is 0.0572. The van der Waals surface area contributed by atoms with E-state index in [0.717, 1.165) is 13.0 Å². The molecule has 18 heavy (non-hydrogen) atoms. The fourth-order valence-corrected chi connectivity index (χ4v) is 1.70. The summed E-state index contributed by atoms with van der Waals surface area (Å²) in [6.45, 7) is 11.8. The number of hydrogen-bond donors (Lipinski definition) is 1. The molecule has 0 saturated heterocycles. The van der Waals surface area contributed by atoms with Crippen LogP contribution in [0.1, 0.15) is 46.6 Å². The highest BCUT2D eigenvalue weighted by atomic mass is 16.5. The van der Waals surface area contributed by atoms with E-state index in [2.05, 4.69) is 64.2 Å². The van der Waals surface area contributed by atoms with Gasteiger partial charge in [-0.15, -0.1) is 0 Å². The van der Waals surface area contributed by atoms with E-state index in [1.807, 2.05) is 0 Å². The molecular formula is C16H27NO. The van der Waals surface area contributed by atoms with Crippen LogP contribution in [-0.2, 0) is 10.2 Å². The summed E-state index contributed by atoms with van der Waals surface area (Å²) in [6, 6.07) is 8.70. The molecule has 0 spiro atoms. The predicted octanol–water partition coefficient (Wildman–Crippen LogP) is 4.21. The van der Waals surface area contributed by atoms with Crippen molar-refractivity contribution in [2.45, 2.75) is 52.1 Å². The van der Waals surface area contributed by atoms with Gasteiger partial charge in [-0.2, -0.15) is 0 Å². The summed E-state index contributed by atoms with van der Waals surface area (Å²) in [5, 5.41) is 3.43. The first-order chi connectivity index (χ1) is 8.24. The van der Waals surface area contributed by atoms with Gasteiger partial charge in [0.15, 0.2) is 0 Å². The van der Waals surface area contributed by atoms with E-state index in [-0.39, 0.29) is 11.0 Å². The second kappa shape index (κ2) is 5.75. The molecule has 0 unspecified atom stereocenters. The molecule has 2 heteroatoms. The number of hydrogen-bond acceptors (Lipinski definition) is 2. The summed E-state index contributed by atoms with van der Waals surface area (Å²) in [7, 11) is 1.76. The quantitative estimate of drug-likeness (QED) is 0.844. The van der Waals surface area contributed by atoms with Crippen molar-refractivity contribution in [3.05, 3.63) is 29.8 Å². The fraction of sp³-hybridized carbons (Fsp3) is 0.625. The van der Waals surface area contributed by atoms with Crippen molar-refractivity contribution < 1.29 is 4.74 Å². The maximum atomic E-state index is 5.40. The maximum Gasteiger partial charge on any atom is 0.0639 e. The lowest BCUT2D eigenvalue weighted by Crippen LogP contribution is -2.25. The van der Waals surface area contributed by atoms with Crippen LogP contribution >= 0.6 is 0 Å². The summed E-state index contributed by atoms with van der Waals surface area (Å²) >= 11 is 0. The molecule has 0 aliphatic carbocycles. The molecular weight excluding hydrogens is 222 g/mol. The maximum absolute atomic E-state index is 5.40. The Bertz CT molecular complexity index is 360. The lowest BCUT2D eigenvalue weighted by atomic mass is 9.87. The third kappa shape index (κ3) is 4.69. The van der Waals surface area contributed by atoms with E-state index in [1.165, 1.54) is 11.3 Å². The van der Waals surface area contributed by atoms with Crippen molar-refractivity contribution in [2.24, 2.45) is 0 Å². The average molecular weight is 249 g/mol. The standard InChI is InChI=1S/C16H27NO/c1-15(2,3)13-7-9-14(10-8-13)17-12-11-16(4,5)18-6/h7-10,17H,11-12H2,1-6H3. The van der Waals surface area contributed by atoms with Crippen molar-refractivity contribution in [2.75, 3.05) is 19.0 Å². The third-order valence-corrected chi connectivity index (χ3v) is 3.36. The second-order valence-electron chi connectivity index (χ2n) is 6.47. The first-order valence-electron chi connectivity index (χ1n) is 6.64. The van der Waals surface area contributed by atoms with Crippen LogP contribution in [0.3, 0.4) is 0 Å². The predicted molar refractivity (Wildman–Crippen MR) is 79.3 cm³/mol. The van der Waals surface area contributed by atoms with Gasteiger partial charge in [0.2, 0.25) is 0 Å². The minimum atomic E-state index is -0.0572. The van der Waals surface area contributed by atoms with Crippen LogP contribution in [0.25, 0.3) is 0 Å². The molecule has 1 N–H and O–H groups in total. The lowest BCUT2D eigenvalue weighted by molar-refractivity contribution is 0.0185. The zero-order valence-corrected chi connectivity index (χ0v) is 12.6. The van der Waals surface area contributed by atoms with E-state index in [9.17, 15) is 0 Å². The molecule has 0 aromatic heterocycles. The number of benzene rings is 1. The number of methoxy groups -OCH3 is 1. The molecule has 0 radical (unpaired) electrons. The summed E-state index contributed by atoms with van der Waals surface area (Å²) in [6.07, 6.45) is 0.991. The first-order valence-corrected chi connectivity index (χ1v) is 6.64. The van der Waals surface area contributed by atoms with Crippen LogP contribution in [0.15, 0.2) is 24.3 Å². The minimum Gasteiger partial charge on any atom is -0.385 e. The molecule has 1 rings (SSSR count). The van der Waals surface area contributed by atoms with Gasteiger partial charge in [0.1, 0.15) is 0 Å². The van der Waals surface area contributed by atoms with Crippen LogP contribution < -0.4 is 5.32 Å². The Labute approximate surface area is 112 Å². The molecule has 2 nitrogen and oxygen atoms in total. The van der Waals surface area contributed by atoms with E-state index in [1.54, 1.807) is 7.11 Å². The Morgan fingerprint density at radius 2 is 1.56 bits per heavy atom. The van der Waals surface area contributed by atoms with E-state index < -0.39 is 0 Å². The van der Waals surface area contributed by atoms with Crippen molar-refractivity contribution in [3.8, 4) is 0 Å². The molecule has 1 aromatic rings. The van der Waals surface area contributed by atoms with Crippen molar-refractivity contribution in [1.82, 2.24) is 0 Å². The van der Waals surface area contributed by atoms with E-state index in [0.29, 0.717) is 0 Å². The number of ether oxygens (including phenoxy) is 1. The zero-order chi connectivity index (χ0) is 13.8. The van der Waals surface area contributed by atoms with Crippen LogP contribution in [0.2, 0.25) is 0 Å². The molecule has 0 saturated carbocycles. The molecule has 0 aliphatic heterocycles. The van der Waals surface area contributed by atoms with Gasteiger partial charge in [0, 0.05) is 19.3 Å². The van der Waals surface area contributed by atoms with Gasteiger partial charge < -0.3 is 10.1 Å². The lowest BCUT2D eigenvalue weighted by Gasteiger charge is -2.23. The topological polar surface area (TPSA) is 21.3 Å². The van der Waals surface area contributed by atoms with Gasteiger partial charge in [0.25, 0.3) is 0 Å².